The summed E-state index contributed by atoms with van der Waals surface area (Å²) in [4.78, 5) is 23.0. The molecule has 2 aromatic rings. The van der Waals surface area contributed by atoms with Crippen LogP contribution in [0.1, 0.15) is 12.0 Å². The maximum atomic E-state index is 12.5. The van der Waals surface area contributed by atoms with Crippen LogP contribution in [0.15, 0.2) is 53.0 Å². The number of primary amides is 1. The molecule has 9 heteroatoms. The molecule has 6 nitrogen and oxygen atoms in total. The van der Waals surface area contributed by atoms with Gasteiger partial charge in [-0.2, -0.15) is 8.78 Å². The number of nitrogens with two attached hydrogens (primary N) is 1. The molecule has 2 amide bonds. The standard InChI is InChI=1S/C19H17BrF2N2O4/c20-13-6-7-15(28-19(21)22)12(11-13)5-8-18(26)24-14-3-1-2-4-16(14)27-10-9-17(23)25/h1-8,11,19H,9-10H2,(H2,23,25)(H,24,26)/b8-5+. The Kier molecular flexibility index (Phi) is 7.94. The van der Waals surface area contributed by atoms with Crippen molar-refractivity contribution >= 4 is 39.5 Å². The highest BCUT2D eigenvalue weighted by molar-refractivity contribution is 9.10. The molecule has 28 heavy (non-hydrogen) atoms. The number of carbonyl (C=O) groups is 2. The first-order chi connectivity index (χ1) is 13.3. The maximum Gasteiger partial charge on any atom is 0.387 e. The molecule has 0 aliphatic carbocycles. The van der Waals surface area contributed by atoms with Gasteiger partial charge in [-0.25, -0.2) is 0 Å². The van der Waals surface area contributed by atoms with E-state index < -0.39 is 18.4 Å². The molecular weight excluding hydrogens is 438 g/mol. The van der Waals surface area contributed by atoms with Gasteiger partial charge in [0, 0.05) is 16.1 Å². The fourth-order valence-corrected chi connectivity index (χ4v) is 2.53. The highest BCUT2D eigenvalue weighted by Crippen LogP contribution is 2.27. The number of halogens is 3. The predicted octanol–water partition coefficient (Wildman–Crippen LogP) is 3.96. The number of carbonyl (C=O) groups excluding carboxylic acids is 2. The van der Waals surface area contributed by atoms with Crippen molar-refractivity contribution in [3.05, 3.63) is 58.6 Å². The third-order valence-corrected chi connectivity index (χ3v) is 3.85. The average molecular weight is 455 g/mol. The number of benzene rings is 2. The molecule has 0 atom stereocenters. The van der Waals surface area contributed by atoms with Crippen molar-refractivity contribution in [2.24, 2.45) is 5.73 Å². The van der Waals surface area contributed by atoms with Crippen molar-refractivity contribution in [1.82, 2.24) is 0 Å². The number of para-hydroxylation sites is 2. The second-order valence-corrected chi connectivity index (χ2v) is 6.36. The summed E-state index contributed by atoms with van der Waals surface area (Å²) in [6.07, 6.45) is 2.58. The minimum Gasteiger partial charge on any atom is -0.491 e. The van der Waals surface area contributed by atoms with E-state index in [1.807, 2.05) is 0 Å². The quantitative estimate of drug-likeness (QED) is 0.561. The third kappa shape index (κ3) is 6.99. The first kappa shape index (κ1) is 21.4. The van der Waals surface area contributed by atoms with E-state index in [9.17, 15) is 18.4 Å². The average Bonchev–Trinajstić information content (AvgIpc) is 2.62. The van der Waals surface area contributed by atoms with Gasteiger partial charge in [0.25, 0.3) is 0 Å². The second kappa shape index (κ2) is 10.4. The molecule has 0 fully saturated rings. The Morgan fingerprint density at radius 2 is 1.93 bits per heavy atom. The summed E-state index contributed by atoms with van der Waals surface area (Å²) in [7, 11) is 0. The predicted molar refractivity (Wildman–Crippen MR) is 104 cm³/mol. The summed E-state index contributed by atoms with van der Waals surface area (Å²) < 4.78 is 35.5. The van der Waals surface area contributed by atoms with Crippen LogP contribution < -0.4 is 20.5 Å². The molecule has 0 heterocycles. The summed E-state index contributed by atoms with van der Waals surface area (Å²) >= 11 is 3.24. The van der Waals surface area contributed by atoms with Crippen molar-refractivity contribution in [2.75, 3.05) is 11.9 Å². The van der Waals surface area contributed by atoms with Gasteiger partial charge in [0.05, 0.1) is 18.7 Å². The van der Waals surface area contributed by atoms with Crippen molar-refractivity contribution < 1.29 is 27.8 Å². The highest BCUT2D eigenvalue weighted by Gasteiger charge is 2.10. The van der Waals surface area contributed by atoms with Crippen LogP contribution >= 0.6 is 15.9 Å². The zero-order valence-electron chi connectivity index (χ0n) is 14.5. The molecule has 0 bridgehead atoms. The lowest BCUT2D eigenvalue weighted by atomic mass is 10.2. The lowest BCUT2D eigenvalue weighted by Crippen LogP contribution is -2.15. The van der Waals surface area contributed by atoms with Crippen molar-refractivity contribution in [3.63, 3.8) is 0 Å². The number of rotatable bonds is 9. The van der Waals surface area contributed by atoms with Gasteiger partial charge < -0.3 is 20.5 Å². The lowest BCUT2D eigenvalue weighted by molar-refractivity contribution is -0.118. The summed E-state index contributed by atoms with van der Waals surface area (Å²) in [6.45, 7) is -2.91. The van der Waals surface area contributed by atoms with Crippen LogP contribution in [0.3, 0.4) is 0 Å². The van der Waals surface area contributed by atoms with E-state index in [-0.39, 0.29) is 18.8 Å². The molecule has 0 unspecified atom stereocenters. The van der Waals surface area contributed by atoms with E-state index in [1.165, 1.54) is 18.2 Å². The van der Waals surface area contributed by atoms with Crippen molar-refractivity contribution in [2.45, 2.75) is 13.0 Å². The van der Waals surface area contributed by atoms with Crippen molar-refractivity contribution in [3.8, 4) is 11.5 Å². The Labute approximate surface area is 168 Å². The second-order valence-electron chi connectivity index (χ2n) is 5.44. The molecule has 0 aliphatic heterocycles. The molecule has 2 aromatic carbocycles. The summed E-state index contributed by atoms with van der Waals surface area (Å²) in [5, 5.41) is 2.63. The largest absolute Gasteiger partial charge is 0.491 e. The van der Waals surface area contributed by atoms with Crippen LogP contribution in [0, 0.1) is 0 Å². The first-order valence-electron chi connectivity index (χ1n) is 8.08. The molecular formula is C19H17BrF2N2O4. The van der Waals surface area contributed by atoms with Gasteiger partial charge in [-0.15, -0.1) is 0 Å². The van der Waals surface area contributed by atoms with Crippen molar-refractivity contribution in [1.29, 1.82) is 0 Å². The molecule has 2 rings (SSSR count). The van der Waals surface area contributed by atoms with Crippen LogP contribution in [0.2, 0.25) is 0 Å². The smallest absolute Gasteiger partial charge is 0.387 e. The van der Waals surface area contributed by atoms with Gasteiger partial charge in [0.2, 0.25) is 11.8 Å². The minimum absolute atomic E-state index is 0.0397. The number of amides is 2. The molecule has 0 saturated heterocycles. The monoisotopic (exact) mass is 454 g/mol. The number of hydrogen-bond donors (Lipinski definition) is 2. The Bertz CT molecular complexity index is 875. The summed E-state index contributed by atoms with van der Waals surface area (Å²) in [5.74, 6) is -0.693. The maximum absolute atomic E-state index is 12.5. The highest BCUT2D eigenvalue weighted by atomic mass is 79.9. The van der Waals surface area contributed by atoms with Gasteiger partial charge in [0.1, 0.15) is 11.5 Å². The molecule has 0 radical (unpaired) electrons. The molecule has 0 saturated carbocycles. The number of alkyl halides is 2. The molecule has 3 N–H and O–H groups in total. The molecule has 0 aliphatic rings. The van der Waals surface area contributed by atoms with E-state index in [0.717, 1.165) is 0 Å². The Morgan fingerprint density at radius 3 is 2.64 bits per heavy atom. The summed E-state index contributed by atoms with van der Waals surface area (Å²) in [5.41, 5.74) is 5.76. The fourth-order valence-electron chi connectivity index (χ4n) is 2.15. The zero-order chi connectivity index (χ0) is 20.5. The van der Waals surface area contributed by atoms with Crippen LogP contribution in [0.5, 0.6) is 11.5 Å². The summed E-state index contributed by atoms with van der Waals surface area (Å²) in [6, 6.07) is 11.1. The Hall–Kier alpha value is -2.94. The van der Waals surface area contributed by atoms with E-state index in [0.29, 0.717) is 21.5 Å². The van der Waals surface area contributed by atoms with Gasteiger partial charge in [-0.05, 0) is 36.4 Å². The minimum atomic E-state index is -2.98. The topological polar surface area (TPSA) is 90.7 Å². The first-order valence-corrected chi connectivity index (χ1v) is 8.88. The number of hydrogen-bond acceptors (Lipinski definition) is 4. The van der Waals surface area contributed by atoms with Gasteiger partial charge in [-0.1, -0.05) is 28.1 Å². The van der Waals surface area contributed by atoms with E-state index in [2.05, 4.69) is 26.0 Å². The zero-order valence-corrected chi connectivity index (χ0v) is 16.1. The molecule has 148 valence electrons. The van der Waals surface area contributed by atoms with Crippen LogP contribution in [0.25, 0.3) is 6.08 Å². The Balaban J connectivity index is 2.08. The van der Waals surface area contributed by atoms with E-state index in [1.54, 1.807) is 36.4 Å². The van der Waals surface area contributed by atoms with Gasteiger partial charge in [-0.3, -0.25) is 9.59 Å². The third-order valence-electron chi connectivity index (χ3n) is 3.35. The van der Waals surface area contributed by atoms with Crippen LogP contribution in [-0.2, 0) is 9.59 Å². The van der Waals surface area contributed by atoms with E-state index in [4.69, 9.17) is 10.5 Å². The number of ether oxygens (including phenoxy) is 2. The number of nitrogens with one attached hydrogen (secondary N) is 1. The lowest BCUT2D eigenvalue weighted by Gasteiger charge is -2.11. The van der Waals surface area contributed by atoms with E-state index >= 15 is 0 Å². The Morgan fingerprint density at radius 1 is 1.18 bits per heavy atom. The number of anilines is 1. The van der Waals surface area contributed by atoms with Gasteiger partial charge in [0.15, 0.2) is 0 Å². The molecule has 0 aromatic heterocycles. The fraction of sp³-hybridized carbons (Fsp3) is 0.158. The molecule has 0 spiro atoms. The normalized spacial score (nSPS) is 10.9. The SMILES string of the molecule is NC(=O)CCOc1ccccc1NC(=O)/C=C/c1cc(Br)ccc1OC(F)F. The van der Waals surface area contributed by atoms with Crippen LogP contribution in [0.4, 0.5) is 14.5 Å². The van der Waals surface area contributed by atoms with Crippen LogP contribution in [-0.4, -0.2) is 25.0 Å². The van der Waals surface area contributed by atoms with Gasteiger partial charge >= 0.3 is 6.61 Å².